The van der Waals surface area contributed by atoms with Crippen molar-refractivity contribution >= 4 is 11.6 Å². The first-order chi connectivity index (χ1) is 25.0. The van der Waals surface area contributed by atoms with Crippen molar-refractivity contribution in [1.82, 2.24) is 10.6 Å². The number of amides is 1. The summed E-state index contributed by atoms with van der Waals surface area (Å²) >= 11 is 0. The summed E-state index contributed by atoms with van der Waals surface area (Å²) in [7, 11) is 0. The van der Waals surface area contributed by atoms with Crippen LogP contribution in [0.25, 0.3) is 0 Å². The van der Waals surface area contributed by atoms with Gasteiger partial charge in [-0.05, 0) is 94.1 Å². The van der Waals surface area contributed by atoms with Crippen molar-refractivity contribution in [2.45, 2.75) is 161 Å². The Bertz CT molecular complexity index is 1160. The lowest BCUT2D eigenvalue weighted by Crippen LogP contribution is -2.28. The van der Waals surface area contributed by atoms with Crippen molar-refractivity contribution in [2.75, 3.05) is 0 Å². The standard InChI is InChI=1S/C33H46N2O.C5H9N.5C2H6/c1-9-16-31-21-20-29(22-26(31)6)24-34-33(36)27(7)23-30(12-4)28(8)35-32(17-10-2)19-15-13-14-18-25(5)11-3;1-4-6-5(2)3;5*1-2/h9-10,14,18,20-23,32,35H,1-2,5,7-8,11-13,15-17,19,24H2,3-4,6H3,(H,34,36);4H,1H2,2-3H3;5*1-2H3/b18-14+,30-23+;;;;;;. The number of hydrogen-bond acceptors (Lipinski definition) is 3. The van der Waals surface area contributed by atoms with Gasteiger partial charge in [-0.15, -0.1) is 13.2 Å². The van der Waals surface area contributed by atoms with Crippen molar-refractivity contribution in [3.8, 4) is 0 Å². The summed E-state index contributed by atoms with van der Waals surface area (Å²) in [6.45, 7) is 54.0. The molecule has 52 heavy (non-hydrogen) atoms. The van der Waals surface area contributed by atoms with E-state index in [9.17, 15) is 4.79 Å². The van der Waals surface area contributed by atoms with Crippen LogP contribution in [0, 0.1) is 6.92 Å². The highest BCUT2D eigenvalue weighted by molar-refractivity contribution is 5.95. The molecule has 0 heterocycles. The Kier molecular flexibility index (Phi) is 54.5. The Morgan fingerprint density at radius 1 is 0.865 bits per heavy atom. The second-order valence-electron chi connectivity index (χ2n) is 10.4. The Hall–Kier alpha value is -3.92. The third-order valence-corrected chi connectivity index (χ3v) is 6.54. The molecule has 0 aliphatic carbocycles. The smallest absolute Gasteiger partial charge is 0.250 e. The number of unbranched alkanes of at least 4 members (excludes halogenated alkanes) is 1. The van der Waals surface area contributed by atoms with Crippen LogP contribution in [0.15, 0.2) is 122 Å². The van der Waals surface area contributed by atoms with Crippen LogP contribution in [-0.2, 0) is 17.8 Å². The fourth-order valence-electron chi connectivity index (χ4n) is 4.05. The maximum Gasteiger partial charge on any atom is 0.250 e. The van der Waals surface area contributed by atoms with Gasteiger partial charge in [0, 0.05) is 35.8 Å². The second kappa shape index (κ2) is 47.1. The second-order valence-corrected chi connectivity index (χ2v) is 10.4. The molecule has 1 atom stereocenters. The number of nitrogens with zero attached hydrogens (tertiary/aromatic N) is 1. The topological polar surface area (TPSA) is 53.5 Å². The van der Waals surface area contributed by atoms with Gasteiger partial charge in [0.2, 0.25) is 0 Å². The highest BCUT2D eigenvalue weighted by atomic mass is 16.1. The molecule has 0 saturated heterocycles. The Morgan fingerprint density at radius 3 is 1.87 bits per heavy atom. The molecule has 0 spiro atoms. The maximum absolute atomic E-state index is 12.7. The van der Waals surface area contributed by atoms with E-state index in [4.69, 9.17) is 0 Å². The molecule has 4 nitrogen and oxygen atoms in total. The van der Waals surface area contributed by atoms with Crippen LogP contribution in [0.4, 0.5) is 0 Å². The zero-order chi connectivity index (χ0) is 41.9. The maximum atomic E-state index is 12.7. The predicted molar refractivity (Wildman–Crippen MR) is 243 cm³/mol. The van der Waals surface area contributed by atoms with Gasteiger partial charge in [-0.3, -0.25) is 9.79 Å². The zero-order valence-electron chi connectivity index (χ0n) is 37.0. The molecule has 0 bridgehead atoms. The molecule has 0 fully saturated rings. The molecule has 1 aromatic carbocycles. The van der Waals surface area contributed by atoms with Gasteiger partial charge in [0.1, 0.15) is 0 Å². The third-order valence-electron chi connectivity index (χ3n) is 6.54. The number of rotatable bonds is 19. The lowest BCUT2D eigenvalue weighted by Gasteiger charge is -2.21. The summed E-state index contributed by atoms with van der Waals surface area (Å²) in [5.41, 5.74) is 7.96. The average molecular weight is 720 g/mol. The highest BCUT2D eigenvalue weighted by Gasteiger charge is 2.12. The van der Waals surface area contributed by atoms with E-state index in [-0.39, 0.29) is 11.9 Å². The molecule has 1 amide bonds. The molecule has 1 rings (SSSR count). The Labute approximate surface area is 325 Å². The molecule has 0 aliphatic rings. The normalized spacial score (nSPS) is 9.79. The lowest BCUT2D eigenvalue weighted by atomic mass is 10.0. The van der Waals surface area contributed by atoms with Crippen LogP contribution in [0.3, 0.4) is 0 Å². The first kappa shape index (κ1) is 60.2. The van der Waals surface area contributed by atoms with Gasteiger partial charge >= 0.3 is 0 Å². The molecule has 1 unspecified atom stereocenters. The monoisotopic (exact) mass is 720 g/mol. The van der Waals surface area contributed by atoms with E-state index in [1.54, 1.807) is 0 Å². The number of nitrogens with one attached hydrogen (secondary N) is 2. The molecule has 298 valence electrons. The zero-order valence-corrected chi connectivity index (χ0v) is 37.0. The highest BCUT2D eigenvalue weighted by Crippen LogP contribution is 2.17. The summed E-state index contributed by atoms with van der Waals surface area (Å²) in [5, 5.41) is 6.53. The summed E-state index contributed by atoms with van der Waals surface area (Å²) in [4.78, 5) is 16.5. The number of aliphatic imine (C=N–C) groups is 1. The predicted octanol–water partition coefficient (Wildman–Crippen LogP) is 14.7. The summed E-state index contributed by atoms with van der Waals surface area (Å²) in [6.07, 6.45) is 18.1. The molecular weight excluding hydrogens is 635 g/mol. The van der Waals surface area contributed by atoms with Crippen LogP contribution in [-0.4, -0.2) is 17.7 Å². The molecule has 1 aromatic rings. The Morgan fingerprint density at radius 2 is 1.44 bits per heavy atom. The SMILES string of the molecule is C=CCc1ccc(CNC(=O)C(=C)/C=C(\CC)C(=C)NC(CC=C)CCC/C=C/C(=C)CC)cc1C.C=CN=C(C)C.CC.CC.CC.CC.CC. The number of carbonyl (C=O) groups excluding carboxylic acids is 1. The largest absolute Gasteiger partial charge is 0.382 e. The van der Waals surface area contributed by atoms with Crippen molar-refractivity contribution < 1.29 is 4.79 Å². The molecule has 2 N–H and O–H groups in total. The van der Waals surface area contributed by atoms with E-state index < -0.39 is 0 Å². The van der Waals surface area contributed by atoms with Crippen molar-refractivity contribution in [3.63, 3.8) is 0 Å². The van der Waals surface area contributed by atoms with Crippen molar-refractivity contribution in [2.24, 2.45) is 4.99 Å². The van der Waals surface area contributed by atoms with Gasteiger partial charge in [-0.2, -0.15) is 0 Å². The van der Waals surface area contributed by atoms with E-state index in [1.807, 2.05) is 107 Å². The number of allylic oxidation sites excluding steroid dienone is 5. The van der Waals surface area contributed by atoms with Gasteiger partial charge in [0.05, 0.1) is 0 Å². The fraction of sp³-hybridized carbons (Fsp3) is 0.500. The average Bonchev–Trinajstić information content (AvgIpc) is 3.17. The minimum Gasteiger partial charge on any atom is -0.382 e. The molecular formula is C48H85N3O. The molecule has 0 saturated carbocycles. The number of benzene rings is 1. The summed E-state index contributed by atoms with van der Waals surface area (Å²) < 4.78 is 0. The first-order valence-electron chi connectivity index (χ1n) is 19.9. The van der Waals surface area contributed by atoms with Gasteiger partial charge in [0.15, 0.2) is 0 Å². The van der Waals surface area contributed by atoms with Crippen LogP contribution in [0.5, 0.6) is 0 Å². The minimum absolute atomic E-state index is 0.176. The van der Waals surface area contributed by atoms with Crippen LogP contribution < -0.4 is 10.6 Å². The van der Waals surface area contributed by atoms with E-state index in [0.717, 1.165) is 73.1 Å². The van der Waals surface area contributed by atoms with E-state index in [2.05, 4.69) is 100 Å². The van der Waals surface area contributed by atoms with Crippen LogP contribution in [0.2, 0.25) is 0 Å². The van der Waals surface area contributed by atoms with E-state index >= 15 is 0 Å². The quantitative estimate of drug-likeness (QED) is 0.0492. The third kappa shape index (κ3) is 35.9. The lowest BCUT2D eigenvalue weighted by molar-refractivity contribution is -0.117. The van der Waals surface area contributed by atoms with Gasteiger partial charge in [0.25, 0.3) is 5.91 Å². The summed E-state index contributed by atoms with van der Waals surface area (Å²) in [5.74, 6) is -0.176. The van der Waals surface area contributed by atoms with Gasteiger partial charge in [-0.25, -0.2) is 0 Å². The van der Waals surface area contributed by atoms with Crippen LogP contribution in [0.1, 0.15) is 152 Å². The van der Waals surface area contributed by atoms with Gasteiger partial charge < -0.3 is 10.6 Å². The number of hydrogen-bond donors (Lipinski definition) is 2. The number of carbonyl (C=O) groups is 1. The molecule has 4 heteroatoms. The van der Waals surface area contributed by atoms with Crippen molar-refractivity contribution in [3.05, 3.63) is 133 Å². The first-order valence-corrected chi connectivity index (χ1v) is 19.9. The van der Waals surface area contributed by atoms with Crippen molar-refractivity contribution in [1.29, 1.82) is 0 Å². The molecule has 0 aliphatic heterocycles. The van der Waals surface area contributed by atoms with E-state index in [1.165, 1.54) is 17.3 Å². The number of aryl methyl sites for hydroxylation is 1. The van der Waals surface area contributed by atoms with E-state index in [0.29, 0.717) is 12.1 Å². The molecule has 0 aromatic heterocycles. The molecule has 0 radical (unpaired) electrons. The minimum atomic E-state index is -0.176. The Balaban J connectivity index is -0.000000283. The fourth-order valence-corrected chi connectivity index (χ4v) is 4.05. The van der Waals surface area contributed by atoms with Crippen LogP contribution >= 0.6 is 0 Å². The summed E-state index contributed by atoms with van der Waals surface area (Å²) in [6, 6.07) is 6.50. The van der Waals surface area contributed by atoms with Gasteiger partial charge in [-0.1, -0.05) is 157 Å².